The molecule has 14 amide bonds. The van der Waals surface area contributed by atoms with Crippen molar-refractivity contribution in [1.29, 1.82) is 0 Å². The van der Waals surface area contributed by atoms with Crippen LogP contribution in [-0.4, -0.2) is 232 Å². The fraction of sp³-hybridized carbons (Fsp3) is 0.582. The Hall–Kier alpha value is -9.59. The van der Waals surface area contributed by atoms with E-state index in [-0.39, 0.29) is 80.7 Å². The second kappa shape index (κ2) is 34.6. The molecular weight excluding hydrogens is 1210 g/mol. The summed E-state index contributed by atoms with van der Waals surface area (Å²) in [7, 11) is 1.59. The van der Waals surface area contributed by atoms with Crippen LogP contribution in [0.15, 0.2) is 22.8 Å². The maximum Gasteiger partial charge on any atom is 0.279 e. The Labute approximate surface area is 527 Å². The number of aliphatic imine (C=N–C) groups is 1. The highest BCUT2D eigenvalue weighted by Crippen LogP contribution is 2.34. The Bertz CT molecular complexity index is 3040. The smallest absolute Gasteiger partial charge is 0.279 e. The van der Waals surface area contributed by atoms with Gasteiger partial charge in [0.25, 0.3) is 11.8 Å². The van der Waals surface area contributed by atoms with Crippen molar-refractivity contribution in [2.45, 2.75) is 151 Å². The number of likely N-dealkylation sites (N-methyl/N-ethyl adjacent to an activating group) is 1. The lowest BCUT2D eigenvalue weighted by molar-refractivity contribution is -0.881. The topological polar surface area (TPSA) is 580 Å². The summed E-state index contributed by atoms with van der Waals surface area (Å²) in [6, 6.07) is -9.27. The van der Waals surface area contributed by atoms with Crippen molar-refractivity contribution < 1.29 is 92.6 Å². The molecular formula is C55H84N19O18+. The number of aromatic hydroxyl groups is 2. The molecule has 2 fully saturated rings. The number of quaternary nitrogens is 1. The van der Waals surface area contributed by atoms with Gasteiger partial charge in [-0.25, -0.2) is 5.06 Å². The Balaban J connectivity index is 1.16. The number of hydrogen-bond acceptors (Lipinski definition) is 22. The van der Waals surface area contributed by atoms with Gasteiger partial charge in [0, 0.05) is 64.0 Å². The zero-order valence-corrected chi connectivity index (χ0v) is 51.1. The lowest BCUT2D eigenvalue weighted by Gasteiger charge is -2.42. The molecule has 0 saturated carbocycles. The largest absolute Gasteiger partial charge is 0.504 e. The highest BCUT2D eigenvalue weighted by molar-refractivity contribution is 6.01. The molecule has 2 saturated heterocycles. The maximum absolute atomic E-state index is 14.1. The minimum absolute atomic E-state index is 0.00183. The summed E-state index contributed by atoms with van der Waals surface area (Å²) in [5.74, 6) is -13.2. The summed E-state index contributed by atoms with van der Waals surface area (Å²) in [6.45, 7) is 0.819. The predicted molar refractivity (Wildman–Crippen MR) is 319 cm³/mol. The Kier molecular flexibility index (Phi) is 27.5. The van der Waals surface area contributed by atoms with Crippen LogP contribution in [0, 0.1) is 0 Å². The molecule has 1 aromatic rings. The highest BCUT2D eigenvalue weighted by Gasteiger charge is 2.47. The molecule has 37 nitrogen and oxygen atoms in total. The number of phenolic OH excluding ortho intramolecular Hbond substituents is 2. The normalized spacial score (nSPS) is 20.2. The number of piperidine rings is 1. The summed E-state index contributed by atoms with van der Waals surface area (Å²) < 4.78 is 0. The monoisotopic (exact) mass is 1300 g/mol. The fourth-order valence-corrected chi connectivity index (χ4v) is 10.4. The van der Waals surface area contributed by atoms with Crippen molar-refractivity contribution in [3.8, 4) is 11.5 Å². The zero-order chi connectivity index (χ0) is 68.1. The van der Waals surface area contributed by atoms with Crippen molar-refractivity contribution in [2.24, 2.45) is 27.9 Å². The van der Waals surface area contributed by atoms with Gasteiger partial charge in [0.05, 0.1) is 37.9 Å². The molecule has 37 heteroatoms. The number of fused-ring (bicyclic) bond motifs is 3. The van der Waals surface area contributed by atoms with Gasteiger partial charge < -0.3 is 96.3 Å². The minimum Gasteiger partial charge on any atom is -0.504 e. The Morgan fingerprint density at radius 3 is 2.12 bits per heavy atom. The van der Waals surface area contributed by atoms with Crippen LogP contribution < -0.4 is 86.3 Å². The molecule has 0 aromatic heterocycles. The number of carbonyl (C=O) groups is 14. The molecule has 506 valence electrons. The molecule has 0 aliphatic carbocycles. The number of nitrogens with two attached hydrogens (primary N) is 4. The van der Waals surface area contributed by atoms with Gasteiger partial charge in [0.1, 0.15) is 53.8 Å². The first-order valence-electron chi connectivity index (χ1n) is 29.8. The van der Waals surface area contributed by atoms with Crippen LogP contribution in [-0.2, 0) is 67.1 Å². The highest BCUT2D eigenvalue weighted by atomic mass is 16.5. The number of nitrogens with zero attached hydrogens (tertiary/aromatic N) is 3. The first-order valence-corrected chi connectivity index (χ1v) is 29.8. The van der Waals surface area contributed by atoms with E-state index in [4.69, 9.17) is 22.9 Å². The molecule has 4 heterocycles. The first-order chi connectivity index (χ1) is 43.5. The lowest BCUT2D eigenvalue weighted by Crippen LogP contribution is -3.20. The number of primary amides is 3. The van der Waals surface area contributed by atoms with E-state index < -0.39 is 181 Å². The average Bonchev–Trinajstić information content (AvgIpc) is 0.753. The third kappa shape index (κ3) is 21.0. The molecule has 24 N–H and O–H groups in total. The molecule has 0 radical (unpaired) electrons. The molecule has 4 aliphatic heterocycles. The second-order valence-electron chi connectivity index (χ2n) is 22.5. The van der Waals surface area contributed by atoms with Gasteiger partial charge in [-0.3, -0.25) is 87.5 Å². The standard InChI is InChI=1S/C55H83N19O18/c1-26(49(85)70-32-8-6-18-72(3)55(32)91)64-52(88)34(25-75)71-51(87)31-13-16-60-46(67-31)29(9-10-40(57)78)68-54(90)37(22-42(59)80)74(92)45(83)24-62-44(82)23-63-50(86)30(7-4-5-15-56)69-48(84)27(2)65-53(89)35-14-17-61-47-33(66-43(81)12-11-41(58)79)19-28-20-38(76)39(77)21-36(28)73(35)47/h19-21,26-27,29-32,34-35,37,47,61,75-77,92H,4-18,22-25,56H2,1-3H3,(H2,57,78)(H2,58,79)(H2,59,80)(H,60,67)(H,62,82)(H,63,86)(H,64,88)(H,65,89)(H,66,81)(H,68,90)(H,69,84)(H,70,85)(H,71,87)/p+1/t26-,27-,29-,30-,31?,32+,34+,35+,37+,47?/m1/s1. The van der Waals surface area contributed by atoms with E-state index in [1.807, 2.05) is 0 Å². The molecule has 4 aliphatic rings. The van der Waals surface area contributed by atoms with Crippen LogP contribution in [0.1, 0.15) is 96.5 Å². The van der Waals surface area contributed by atoms with E-state index in [1.54, 1.807) is 7.05 Å². The number of aliphatic hydroxyl groups is 1. The van der Waals surface area contributed by atoms with E-state index in [2.05, 4.69) is 63.5 Å². The van der Waals surface area contributed by atoms with Crippen molar-refractivity contribution >= 4 is 100 Å². The number of phenols is 2. The minimum atomic E-state index is -2.09. The van der Waals surface area contributed by atoms with E-state index in [1.165, 1.54) is 37.0 Å². The number of amidine groups is 1. The van der Waals surface area contributed by atoms with Crippen molar-refractivity contribution in [3.63, 3.8) is 0 Å². The van der Waals surface area contributed by atoms with Crippen LogP contribution in [0.3, 0.4) is 0 Å². The lowest BCUT2D eigenvalue weighted by atomic mass is 9.96. The van der Waals surface area contributed by atoms with Crippen LogP contribution in [0.25, 0.3) is 6.08 Å². The number of nitrogens with one attached hydrogen (secondary N) is 12. The number of carbonyl (C=O) groups excluding carboxylic acids is 14. The number of hydroxylamine groups is 2. The SMILES string of the molecule is C[C@@H](NC(=O)[C@H](CO)NC(=O)C1CCN=C([C@@H](CCC(N)=O)NC(=O)[C@H](CC(N)=O)N(O)C(=O)CNC(=O)CNC(=O)[C@@H](CCCCN)NC(=O)[C@@H](C)NC(=O)[C@@H]2CCNC3C(NC(=O)CCC(N)=O)=Cc4cc(O)c(O)cc4[NH+]32)N1)C(=O)N[C@H]1CCCN(C)C1=O. The van der Waals surface area contributed by atoms with Gasteiger partial charge in [0.2, 0.25) is 70.9 Å². The van der Waals surface area contributed by atoms with Crippen molar-refractivity contribution in [2.75, 3.05) is 52.9 Å². The first kappa shape index (κ1) is 73.1. The van der Waals surface area contributed by atoms with Crippen LogP contribution in [0.4, 0.5) is 5.69 Å². The molecule has 1 aromatic carbocycles. The Morgan fingerprint density at radius 1 is 0.750 bits per heavy atom. The van der Waals surface area contributed by atoms with Crippen molar-refractivity contribution in [3.05, 3.63) is 23.4 Å². The van der Waals surface area contributed by atoms with Gasteiger partial charge in [-0.15, -0.1) is 0 Å². The number of unbranched alkanes of at least 4 members (excludes halogenated alkanes) is 1. The van der Waals surface area contributed by atoms with Gasteiger partial charge in [-0.05, 0) is 77.5 Å². The quantitative estimate of drug-likeness (QED) is 0.0102. The number of rotatable bonds is 33. The van der Waals surface area contributed by atoms with E-state index in [9.17, 15) is 87.7 Å². The number of amides is 14. The van der Waals surface area contributed by atoms with E-state index >= 15 is 0 Å². The zero-order valence-electron chi connectivity index (χ0n) is 51.1. The molecule has 5 rings (SSSR count). The molecule has 92 heavy (non-hydrogen) atoms. The summed E-state index contributed by atoms with van der Waals surface area (Å²) in [6.07, 6.45) is 0.478. The summed E-state index contributed by atoms with van der Waals surface area (Å²) in [5.41, 5.74) is 22.7. The number of aliphatic hydroxyl groups excluding tert-OH is 1. The van der Waals surface area contributed by atoms with Gasteiger partial charge in [-0.1, -0.05) is 0 Å². The van der Waals surface area contributed by atoms with Gasteiger partial charge >= 0.3 is 0 Å². The molecule has 0 spiro atoms. The molecule has 0 bridgehead atoms. The fourth-order valence-electron chi connectivity index (χ4n) is 10.4. The summed E-state index contributed by atoms with van der Waals surface area (Å²) >= 11 is 0. The molecule has 11 atom stereocenters. The van der Waals surface area contributed by atoms with E-state index in [0.717, 1.165) is 0 Å². The second-order valence-corrected chi connectivity index (χ2v) is 22.5. The van der Waals surface area contributed by atoms with Gasteiger partial charge in [0.15, 0.2) is 23.7 Å². The van der Waals surface area contributed by atoms with Crippen LogP contribution in [0.2, 0.25) is 0 Å². The molecule has 3 unspecified atom stereocenters. The van der Waals surface area contributed by atoms with Crippen LogP contribution >= 0.6 is 0 Å². The summed E-state index contributed by atoms with van der Waals surface area (Å²) in [5, 5.41) is 70.0. The predicted octanol–water partition coefficient (Wildman–Crippen LogP) is -9.92. The van der Waals surface area contributed by atoms with Crippen LogP contribution in [0.5, 0.6) is 11.5 Å². The summed E-state index contributed by atoms with van der Waals surface area (Å²) in [4.78, 5) is 188. The third-order valence-corrected chi connectivity index (χ3v) is 15.4. The number of benzene rings is 1. The third-order valence-electron chi connectivity index (χ3n) is 15.4. The van der Waals surface area contributed by atoms with E-state index in [0.29, 0.717) is 48.4 Å². The van der Waals surface area contributed by atoms with Gasteiger partial charge in [-0.2, -0.15) is 0 Å². The average molecular weight is 1300 g/mol. The van der Waals surface area contributed by atoms with Crippen molar-refractivity contribution in [1.82, 2.24) is 68.4 Å². The maximum atomic E-state index is 14.1. The number of likely N-dealkylation sites (tertiary alicyclic amines) is 1. The Morgan fingerprint density at radius 2 is 1.45 bits per heavy atom. The number of hydrogen-bond donors (Lipinski definition) is 20.